The third kappa shape index (κ3) is 3.82. The average molecular weight is 247 g/mol. The Labute approximate surface area is 108 Å². The number of nitrogens with zero attached hydrogens (tertiary/aromatic N) is 1. The molecule has 18 heavy (non-hydrogen) atoms. The Morgan fingerprint density at radius 1 is 1.33 bits per heavy atom. The highest BCUT2D eigenvalue weighted by atomic mass is 16.2. The second-order valence-electron chi connectivity index (χ2n) is 4.73. The van der Waals surface area contributed by atoms with E-state index >= 15 is 0 Å². The first-order valence-electron chi connectivity index (χ1n) is 6.53. The van der Waals surface area contributed by atoms with E-state index in [1.807, 2.05) is 37.3 Å². The standard InChI is InChI=1S/C14H21N3O/c1-12(13-5-3-2-4-6-13)16-14(18)11-17-9-7-15-8-10-17/h2-6,12,15H,7-11H2,1H3,(H,16,18)/t12-/m1/s1. The number of hydrogen-bond donors (Lipinski definition) is 2. The Morgan fingerprint density at radius 3 is 2.67 bits per heavy atom. The fourth-order valence-electron chi connectivity index (χ4n) is 2.18. The van der Waals surface area contributed by atoms with Gasteiger partial charge in [0.25, 0.3) is 0 Å². The molecule has 0 aliphatic carbocycles. The summed E-state index contributed by atoms with van der Waals surface area (Å²) in [5.41, 5.74) is 1.14. The summed E-state index contributed by atoms with van der Waals surface area (Å²) in [6.07, 6.45) is 0. The maximum atomic E-state index is 11.9. The van der Waals surface area contributed by atoms with E-state index in [0.717, 1.165) is 31.7 Å². The van der Waals surface area contributed by atoms with E-state index in [1.54, 1.807) is 0 Å². The van der Waals surface area contributed by atoms with Crippen molar-refractivity contribution >= 4 is 5.91 Å². The van der Waals surface area contributed by atoms with Crippen LogP contribution in [0.1, 0.15) is 18.5 Å². The highest BCUT2D eigenvalue weighted by Gasteiger charge is 2.15. The lowest BCUT2D eigenvalue weighted by atomic mass is 10.1. The molecular weight excluding hydrogens is 226 g/mol. The lowest BCUT2D eigenvalue weighted by Crippen LogP contribution is -2.47. The van der Waals surface area contributed by atoms with Crippen molar-refractivity contribution in [3.63, 3.8) is 0 Å². The van der Waals surface area contributed by atoms with Crippen LogP contribution in [0.25, 0.3) is 0 Å². The monoisotopic (exact) mass is 247 g/mol. The molecule has 0 radical (unpaired) electrons. The molecule has 1 aromatic rings. The lowest BCUT2D eigenvalue weighted by molar-refractivity contribution is -0.123. The first-order valence-corrected chi connectivity index (χ1v) is 6.53. The van der Waals surface area contributed by atoms with Gasteiger partial charge in [0.15, 0.2) is 0 Å². The number of piperazine rings is 1. The van der Waals surface area contributed by atoms with Crippen LogP contribution in [0.2, 0.25) is 0 Å². The highest BCUT2D eigenvalue weighted by molar-refractivity contribution is 5.78. The van der Waals surface area contributed by atoms with E-state index < -0.39 is 0 Å². The summed E-state index contributed by atoms with van der Waals surface area (Å²) < 4.78 is 0. The van der Waals surface area contributed by atoms with Crippen LogP contribution in [0.3, 0.4) is 0 Å². The minimum atomic E-state index is 0.0709. The summed E-state index contributed by atoms with van der Waals surface area (Å²) >= 11 is 0. The zero-order chi connectivity index (χ0) is 12.8. The molecular formula is C14H21N3O. The second-order valence-corrected chi connectivity index (χ2v) is 4.73. The van der Waals surface area contributed by atoms with E-state index in [1.165, 1.54) is 0 Å². The molecule has 1 fully saturated rings. The summed E-state index contributed by atoms with van der Waals surface area (Å²) in [4.78, 5) is 14.1. The Bertz CT molecular complexity index is 374. The van der Waals surface area contributed by atoms with Gasteiger partial charge < -0.3 is 10.6 Å². The molecule has 1 aliphatic rings. The van der Waals surface area contributed by atoms with Crippen molar-refractivity contribution in [2.24, 2.45) is 0 Å². The molecule has 4 heteroatoms. The Morgan fingerprint density at radius 2 is 2.00 bits per heavy atom. The molecule has 1 saturated heterocycles. The van der Waals surface area contributed by atoms with E-state index in [-0.39, 0.29) is 11.9 Å². The van der Waals surface area contributed by atoms with Crippen molar-refractivity contribution in [2.45, 2.75) is 13.0 Å². The van der Waals surface area contributed by atoms with Crippen LogP contribution >= 0.6 is 0 Å². The van der Waals surface area contributed by atoms with Crippen molar-refractivity contribution in [2.75, 3.05) is 32.7 Å². The quantitative estimate of drug-likeness (QED) is 0.826. The minimum absolute atomic E-state index is 0.0709. The molecule has 4 nitrogen and oxygen atoms in total. The van der Waals surface area contributed by atoms with Crippen molar-refractivity contribution in [3.8, 4) is 0 Å². The third-order valence-electron chi connectivity index (χ3n) is 3.25. The van der Waals surface area contributed by atoms with Crippen LogP contribution in [0.5, 0.6) is 0 Å². The SMILES string of the molecule is C[C@@H](NC(=O)CN1CCNCC1)c1ccccc1. The molecule has 2 N–H and O–H groups in total. The van der Waals surface area contributed by atoms with Gasteiger partial charge in [-0.15, -0.1) is 0 Å². The van der Waals surface area contributed by atoms with E-state index in [0.29, 0.717) is 6.54 Å². The summed E-state index contributed by atoms with van der Waals surface area (Å²) in [6.45, 7) is 6.37. The van der Waals surface area contributed by atoms with Gasteiger partial charge in [-0.3, -0.25) is 9.69 Å². The summed E-state index contributed by atoms with van der Waals surface area (Å²) in [5, 5.41) is 6.32. The number of nitrogens with one attached hydrogen (secondary N) is 2. The molecule has 1 amide bonds. The van der Waals surface area contributed by atoms with Crippen LogP contribution in [-0.2, 0) is 4.79 Å². The predicted molar refractivity (Wildman–Crippen MR) is 72.3 cm³/mol. The molecule has 1 heterocycles. The van der Waals surface area contributed by atoms with Crippen LogP contribution < -0.4 is 10.6 Å². The Kier molecular flexibility index (Phi) is 4.73. The molecule has 0 aromatic heterocycles. The van der Waals surface area contributed by atoms with Crippen molar-refractivity contribution in [3.05, 3.63) is 35.9 Å². The number of carbonyl (C=O) groups excluding carboxylic acids is 1. The van der Waals surface area contributed by atoms with E-state index in [9.17, 15) is 4.79 Å². The summed E-state index contributed by atoms with van der Waals surface area (Å²) in [6, 6.07) is 10.1. The molecule has 1 aliphatic heterocycles. The van der Waals surface area contributed by atoms with Gasteiger partial charge in [0.2, 0.25) is 5.91 Å². The minimum Gasteiger partial charge on any atom is -0.348 e. The Hall–Kier alpha value is -1.39. The van der Waals surface area contributed by atoms with Crippen LogP contribution in [-0.4, -0.2) is 43.5 Å². The summed E-state index contributed by atoms with van der Waals surface area (Å²) in [7, 11) is 0. The fraction of sp³-hybridized carbons (Fsp3) is 0.500. The maximum Gasteiger partial charge on any atom is 0.234 e. The molecule has 1 aromatic carbocycles. The molecule has 0 bridgehead atoms. The second kappa shape index (κ2) is 6.52. The van der Waals surface area contributed by atoms with Gasteiger partial charge in [-0.05, 0) is 12.5 Å². The Balaban J connectivity index is 1.80. The average Bonchev–Trinajstić information content (AvgIpc) is 2.40. The van der Waals surface area contributed by atoms with Crippen LogP contribution in [0, 0.1) is 0 Å². The largest absolute Gasteiger partial charge is 0.348 e. The molecule has 0 saturated carbocycles. The van der Waals surface area contributed by atoms with E-state index in [2.05, 4.69) is 15.5 Å². The van der Waals surface area contributed by atoms with Gasteiger partial charge in [0.1, 0.15) is 0 Å². The zero-order valence-electron chi connectivity index (χ0n) is 10.9. The van der Waals surface area contributed by atoms with Gasteiger partial charge in [-0.2, -0.15) is 0 Å². The van der Waals surface area contributed by atoms with Gasteiger partial charge >= 0.3 is 0 Å². The van der Waals surface area contributed by atoms with Crippen molar-refractivity contribution in [1.29, 1.82) is 0 Å². The first-order chi connectivity index (χ1) is 8.75. The molecule has 0 unspecified atom stereocenters. The van der Waals surface area contributed by atoms with Gasteiger partial charge in [0, 0.05) is 26.2 Å². The third-order valence-corrected chi connectivity index (χ3v) is 3.25. The smallest absolute Gasteiger partial charge is 0.234 e. The highest BCUT2D eigenvalue weighted by Crippen LogP contribution is 2.10. The number of rotatable bonds is 4. The normalized spacial score (nSPS) is 18.3. The molecule has 98 valence electrons. The molecule has 2 rings (SSSR count). The number of hydrogen-bond acceptors (Lipinski definition) is 3. The number of amides is 1. The van der Waals surface area contributed by atoms with Gasteiger partial charge in [-0.25, -0.2) is 0 Å². The lowest BCUT2D eigenvalue weighted by Gasteiger charge is -2.27. The van der Waals surface area contributed by atoms with Gasteiger partial charge in [0.05, 0.1) is 12.6 Å². The van der Waals surface area contributed by atoms with Crippen LogP contribution in [0.4, 0.5) is 0 Å². The van der Waals surface area contributed by atoms with Crippen molar-refractivity contribution < 1.29 is 4.79 Å². The number of carbonyl (C=O) groups is 1. The topological polar surface area (TPSA) is 44.4 Å². The number of benzene rings is 1. The first kappa shape index (κ1) is 13.1. The predicted octanol–water partition coefficient (Wildman–Crippen LogP) is 0.769. The molecule has 1 atom stereocenters. The van der Waals surface area contributed by atoms with Crippen molar-refractivity contribution in [1.82, 2.24) is 15.5 Å². The van der Waals surface area contributed by atoms with Gasteiger partial charge in [-0.1, -0.05) is 30.3 Å². The maximum absolute atomic E-state index is 11.9. The fourth-order valence-corrected chi connectivity index (χ4v) is 2.18. The van der Waals surface area contributed by atoms with Crippen LogP contribution in [0.15, 0.2) is 30.3 Å². The zero-order valence-corrected chi connectivity index (χ0v) is 10.9. The van der Waals surface area contributed by atoms with E-state index in [4.69, 9.17) is 0 Å². The molecule has 0 spiro atoms. The summed E-state index contributed by atoms with van der Waals surface area (Å²) in [5.74, 6) is 0.105.